The molecular weight excluding hydrogens is 446 g/mol. The largest absolute Gasteiger partial charge is 0.448 e. The van der Waals surface area contributed by atoms with Crippen molar-refractivity contribution in [1.82, 2.24) is 4.90 Å². The molecule has 2 aliphatic rings. The van der Waals surface area contributed by atoms with Crippen molar-refractivity contribution in [3.8, 4) is 0 Å². The molecule has 2 atom stereocenters. The maximum atomic E-state index is 13.5. The predicted octanol–water partition coefficient (Wildman–Crippen LogP) is 2.51. The van der Waals surface area contributed by atoms with Gasteiger partial charge in [0.2, 0.25) is 11.8 Å². The second-order valence-electron chi connectivity index (χ2n) is 7.14. The first-order chi connectivity index (χ1) is 15.5. The lowest BCUT2D eigenvalue weighted by atomic mass is 10.0. The van der Waals surface area contributed by atoms with Crippen molar-refractivity contribution in [3.05, 3.63) is 93.9 Å². The van der Waals surface area contributed by atoms with E-state index < -0.39 is 24.0 Å². The highest BCUT2D eigenvalue weighted by Gasteiger charge is 2.52. The Kier molecular flexibility index (Phi) is 6.69. The molecule has 2 heterocycles. The van der Waals surface area contributed by atoms with Gasteiger partial charge in [-0.05, 0) is 16.5 Å². The minimum absolute atomic E-state index is 0.163. The molecule has 0 aromatic heterocycles. The van der Waals surface area contributed by atoms with E-state index in [4.69, 9.17) is 16.2 Å². The lowest BCUT2D eigenvalue weighted by Crippen LogP contribution is -2.68. The Balaban J connectivity index is 1.68. The average molecular weight is 468 g/mol. The molecule has 2 amide bonds. The first kappa shape index (κ1) is 22.2. The molecule has 0 saturated carbocycles. The molecule has 1 saturated heterocycles. The maximum absolute atomic E-state index is 13.5. The van der Waals surface area contributed by atoms with Crippen molar-refractivity contribution < 1.29 is 19.1 Å². The van der Waals surface area contributed by atoms with Gasteiger partial charge in [0.25, 0.3) is 0 Å². The number of amides is 2. The number of fused-ring (bicyclic) bond motifs is 1. The summed E-state index contributed by atoms with van der Waals surface area (Å²) in [6, 6.07) is 18.2. The van der Waals surface area contributed by atoms with Crippen LogP contribution in [0.15, 0.2) is 82.7 Å². The molecule has 32 heavy (non-hydrogen) atoms. The number of primary amides is 1. The van der Waals surface area contributed by atoms with Gasteiger partial charge in [0, 0.05) is 16.7 Å². The Hall–Kier alpha value is -3.01. The summed E-state index contributed by atoms with van der Waals surface area (Å²) in [7, 11) is 0. The third-order valence-electron chi connectivity index (χ3n) is 5.04. The zero-order valence-electron chi connectivity index (χ0n) is 16.9. The molecule has 1 fully saturated rings. The quantitative estimate of drug-likeness (QED) is 0.365. The molecular formula is C23H21N3O4S2. The molecule has 2 aromatic rings. The minimum atomic E-state index is -0.658. The van der Waals surface area contributed by atoms with E-state index in [1.807, 2.05) is 60.7 Å². The highest BCUT2D eigenvalue weighted by Crippen LogP contribution is 2.44. The van der Waals surface area contributed by atoms with E-state index in [0.29, 0.717) is 10.7 Å². The van der Waals surface area contributed by atoms with Gasteiger partial charge in [-0.15, -0.1) is 11.8 Å². The normalized spacial score (nSPS) is 20.3. The van der Waals surface area contributed by atoms with Gasteiger partial charge in [0.15, 0.2) is 6.10 Å². The van der Waals surface area contributed by atoms with E-state index >= 15 is 0 Å². The monoisotopic (exact) mass is 467 g/mol. The Bertz CT molecular complexity index is 1050. The molecule has 0 aliphatic carbocycles. The van der Waals surface area contributed by atoms with Gasteiger partial charge in [0.05, 0.1) is 0 Å². The number of esters is 1. The SMILES string of the molecule is NC(=O)/C=C\SC1=C(C(=O)OC(c2ccccc2)c2ccccc2)N2C(=O)[C@@H](N)[C@H]2SC1. The Morgan fingerprint density at radius 2 is 1.69 bits per heavy atom. The van der Waals surface area contributed by atoms with Gasteiger partial charge in [-0.3, -0.25) is 14.5 Å². The molecule has 0 bridgehead atoms. The third kappa shape index (κ3) is 4.45. The van der Waals surface area contributed by atoms with Crippen LogP contribution in [0, 0.1) is 0 Å². The number of β-lactam (4-membered cyclic amide) rings is 1. The van der Waals surface area contributed by atoms with Gasteiger partial charge in [-0.2, -0.15) is 0 Å². The molecule has 9 heteroatoms. The smallest absolute Gasteiger partial charge is 0.356 e. The topological polar surface area (TPSA) is 116 Å². The molecule has 4 rings (SSSR count). The van der Waals surface area contributed by atoms with E-state index in [1.54, 1.807) is 0 Å². The highest BCUT2D eigenvalue weighted by molar-refractivity contribution is 8.08. The number of hydrogen-bond donors (Lipinski definition) is 2. The number of rotatable bonds is 7. The zero-order valence-corrected chi connectivity index (χ0v) is 18.6. The highest BCUT2D eigenvalue weighted by atomic mass is 32.2. The molecule has 0 unspecified atom stereocenters. The Morgan fingerprint density at radius 3 is 2.25 bits per heavy atom. The molecule has 2 aromatic carbocycles. The summed E-state index contributed by atoms with van der Waals surface area (Å²) >= 11 is 2.63. The maximum Gasteiger partial charge on any atom is 0.356 e. The van der Waals surface area contributed by atoms with E-state index in [2.05, 4.69) is 0 Å². The number of benzene rings is 2. The van der Waals surface area contributed by atoms with Crippen molar-refractivity contribution in [2.45, 2.75) is 17.5 Å². The molecule has 4 N–H and O–H groups in total. The summed E-state index contributed by atoms with van der Waals surface area (Å²) in [6.07, 6.45) is 0.556. The Morgan fingerprint density at radius 1 is 1.09 bits per heavy atom. The van der Waals surface area contributed by atoms with Crippen molar-refractivity contribution >= 4 is 41.3 Å². The number of nitrogens with two attached hydrogens (primary N) is 2. The van der Waals surface area contributed by atoms with E-state index in [0.717, 1.165) is 11.1 Å². The number of thioether (sulfide) groups is 2. The zero-order chi connectivity index (χ0) is 22.7. The molecule has 7 nitrogen and oxygen atoms in total. The predicted molar refractivity (Wildman–Crippen MR) is 125 cm³/mol. The van der Waals surface area contributed by atoms with E-state index in [1.165, 1.54) is 39.9 Å². The lowest BCUT2D eigenvalue weighted by Gasteiger charge is -2.48. The van der Waals surface area contributed by atoms with Crippen LogP contribution >= 0.6 is 23.5 Å². The fraction of sp³-hybridized carbons (Fsp3) is 0.174. The molecule has 0 radical (unpaired) electrons. The second-order valence-corrected chi connectivity index (χ2v) is 9.24. The molecule has 2 aliphatic heterocycles. The standard InChI is InChI=1S/C23H21N3O4S2/c24-17(27)11-12-31-16-13-32-22-18(25)21(28)26(22)19(16)23(29)30-20(14-7-3-1-4-8-14)15-9-5-2-6-10-15/h1-12,18,20,22H,13,25H2,(H2,24,27)/b12-11-/t18-,22-/m1/s1. The van der Waals surface area contributed by atoms with E-state index in [-0.39, 0.29) is 17.0 Å². The molecule has 0 spiro atoms. The van der Waals surface area contributed by atoms with Crippen molar-refractivity contribution in [1.29, 1.82) is 0 Å². The van der Waals surface area contributed by atoms with Crippen LogP contribution in [0.25, 0.3) is 0 Å². The number of carbonyl (C=O) groups excluding carboxylic acids is 3. The van der Waals surface area contributed by atoms with Gasteiger partial charge < -0.3 is 16.2 Å². The van der Waals surface area contributed by atoms with Crippen molar-refractivity contribution in [3.63, 3.8) is 0 Å². The summed E-state index contributed by atoms with van der Waals surface area (Å²) in [6.45, 7) is 0. The third-order valence-corrected chi connectivity index (χ3v) is 7.42. The number of carbonyl (C=O) groups is 3. The van der Waals surface area contributed by atoms with Crippen LogP contribution in [0.4, 0.5) is 0 Å². The lowest BCUT2D eigenvalue weighted by molar-refractivity contribution is -0.152. The summed E-state index contributed by atoms with van der Waals surface area (Å²) in [4.78, 5) is 39.0. The van der Waals surface area contributed by atoms with Gasteiger partial charge in [-0.25, -0.2) is 4.79 Å². The summed E-state index contributed by atoms with van der Waals surface area (Å²) in [5.74, 6) is -1.09. The summed E-state index contributed by atoms with van der Waals surface area (Å²) in [5, 5.41) is 1.18. The average Bonchev–Trinajstić information content (AvgIpc) is 2.82. The van der Waals surface area contributed by atoms with Gasteiger partial charge in [-0.1, -0.05) is 72.4 Å². The summed E-state index contributed by atoms with van der Waals surface area (Å²) in [5.41, 5.74) is 12.9. The van der Waals surface area contributed by atoms with Crippen LogP contribution in [-0.2, 0) is 19.1 Å². The summed E-state index contributed by atoms with van der Waals surface area (Å²) < 4.78 is 5.99. The van der Waals surface area contributed by atoms with Crippen LogP contribution in [0.5, 0.6) is 0 Å². The number of ether oxygens (including phenoxy) is 1. The minimum Gasteiger partial charge on any atom is -0.448 e. The van der Waals surface area contributed by atoms with Crippen LogP contribution in [0.1, 0.15) is 17.2 Å². The van der Waals surface area contributed by atoms with Gasteiger partial charge >= 0.3 is 5.97 Å². The second kappa shape index (κ2) is 9.64. The number of hydrogen-bond acceptors (Lipinski definition) is 7. The first-order valence-corrected chi connectivity index (χ1v) is 11.8. The number of nitrogens with zero attached hydrogens (tertiary/aromatic N) is 1. The van der Waals surface area contributed by atoms with Crippen LogP contribution < -0.4 is 11.5 Å². The van der Waals surface area contributed by atoms with E-state index in [9.17, 15) is 14.4 Å². The van der Waals surface area contributed by atoms with Crippen molar-refractivity contribution in [2.24, 2.45) is 11.5 Å². The van der Waals surface area contributed by atoms with Crippen LogP contribution in [-0.4, -0.2) is 39.9 Å². The van der Waals surface area contributed by atoms with Crippen LogP contribution in [0.2, 0.25) is 0 Å². The van der Waals surface area contributed by atoms with Crippen LogP contribution in [0.3, 0.4) is 0 Å². The molecule has 164 valence electrons. The fourth-order valence-corrected chi connectivity index (χ4v) is 5.78. The first-order valence-electron chi connectivity index (χ1n) is 9.84. The Labute approximate surface area is 193 Å². The fourth-order valence-electron chi connectivity index (χ4n) is 3.50. The van der Waals surface area contributed by atoms with Gasteiger partial charge in [0.1, 0.15) is 17.1 Å². The van der Waals surface area contributed by atoms with Crippen molar-refractivity contribution in [2.75, 3.05) is 5.75 Å².